The van der Waals surface area contributed by atoms with Crippen molar-refractivity contribution in [3.8, 4) is 0 Å². The van der Waals surface area contributed by atoms with Crippen LogP contribution >= 0.6 is 23.1 Å². The second-order valence-corrected chi connectivity index (χ2v) is 8.73. The monoisotopic (exact) mass is 442 g/mol. The third-order valence-corrected chi connectivity index (χ3v) is 6.45. The first kappa shape index (κ1) is 20.8. The number of piperazine rings is 1. The van der Waals surface area contributed by atoms with Gasteiger partial charge in [0, 0.05) is 49.7 Å². The Balaban J connectivity index is 1.40. The van der Waals surface area contributed by atoms with E-state index >= 15 is 0 Å². The smallest absolute Gasteiger partial charge is 0.221 e. The first-order chi connectivity index (χ1) is 14.4. The van der Waals surface area contributed by atoms with Gasteiger partial charge in [-0.1, -0.05) is 23.7 Å². The largest absolute Gasteiger partial charge is 0.353 e. The molecule has 1 saturated heterocycles. The van der Waals surface area contributed by atoms with Gasteiger partial charge < -0.3 is 10.2 Å². The number of ketones is 1. The zero-order valence-corrected chi connectivity index (χ0v) is 18.5. The quantitative estimate of drug-likeness (QED) is 0.599. The molecule has 1 N–H and O–H groups in total. The summed E-state index contributed by atoms with van der Waals surface area (Å²) in [7, 11) is 0. The van der Waals surface area contributed by atoms with Gasteiger partial charge in [0.2, 0.25) is 5.91 Å². The van der Waals surface area contributed by atoms with Crippen LogP contribution in [0.2, 0.25) is 5.02 Å². The first-order valence-electron chi connectivity index (χ1n) is 9.85. The molecular weight excluding hydrogens is 420 g/mol. The Kier molecular flexibility index (Phi) is 6.04. The van der Waals surface area contributed by atoms with E-state index in [9.17, 15) is 9.59 Å². The molecule has 3 aromatic rings. The van der Waals surface area contributed by atoms with Crippen molar-refractivity contribution in [2.75, 3.05) is 42.9 Å². The van der Waals surface area contributed by atoms with Crippen molar-refractivity contribution >= 4 is 56.4 Å². The van der Waals surface area contributed by atoms with Crippen molar-refractivity contribution in [1.82, 2.24) is 9.27 Å². The Morgan fingerprint density at radius 2 is 1.90 bits per heavy atom. The number of hydrogen-bond donors (Lipinski definition) is 1. The van der Waals surface area contributed by atoms with Crippen molar-refractivity contribution < 1.29 is 9.59 Å². The van der Waals surface area contributed by atoms with E-state index in [1.54, 1.807) is 12.1 Å². The summed E-state index contributed by atoms with van der Waals surface area (Å²) < 4.78 is 5.83. The number of halogens is 1. The topological polar surface area (TPSA) is 65.5 Å². The number of carbonyl (C=O) groups is 2. The van der Waals surface area contributed by atoms with Crippen molar-refractivity contribution in [3.05, 3.63) is 52.5 Å². The molecule has 30 heavy (non-hydrogen) atoms. The maximum atomic E-state index is 12.9. The average molecular weight is 443 g/mol. The summed E-state index contributed by atoms with van der Waals surface area (Å²) in [6.07, 6.45) is 0. The molecule has 1 aromatic heterocycles. The summed E-state index contributed by atoms with van der Waals surface area (Å²) in [5.41, 5.74) is 1.95. The van der Waals surface area contributed by atoms with Gasteiger partial charge in [-0.25, -0.2) is 0 Å². The number of rotatable bonds is 5. The van der Waals surface area contributed by atoms with Crippen LogP contribution in [0, 0.1) is 6.92 Å². The van der Waals surface area contributed by atoms with Gasteiger partial charge in [-0.2, -0.15) is 4.37 Å². The summed E-state index contributed by atoms with van der Waals surface area (Å²) in [4.78, 5) is 28.6. The molecule has 6 nitrogen and oxygen atoms in total. The van der Waals surface area contributed by atoms with Gasteiger partial charge in [0.05, 0.1) is 16.3 Å². The summed E-state index contributed by atoms with van der Waals surface area (Å²) >= 11 is 7.86. The molecule has 8 heteroatoms. The van der Waals surface area contributed by atoms with Crippen LogP contribution in [0.3, 0.4) is 0 Å². The maximum Gasteiger partial charge on any atom is 0.221 e. The third-order valence-electron chi connectivity index (χ3n) is 5.32. The molecule has 0 unspecified atom stereocenters. The standard InChI is InChI=1S/C22H23ClN4O2S/c1-14-11-17(18(23)12-19(14)24-15(2)28)20(29)13-26-7-9-27(10-8-26)22-16-5-3-4-6-21(16)30-25-22/h3-6,11-12H,7-10,13H2,1-2H3,(H,24,28). The van der Waals surface area contributed by atoms with Gasteiger partial charge in [-0.3, -0.25) is 14.5 Å². The van der Waals surface area contributed by atoms with Crippen LogP contribution in [-0.4, -0.2) is 53.7 Å². The fraction of sp³-hybridized carbons (Fsp3) is 0.318. The molecule has 0 saturated carbocycles. The lowest BCUT2D eigenvalue weighted by Crippen LogP contribution is -2.48. The Hall–Kier alpha value is -2.48. The van der Waals surface area contributed by atoms with Gasteiger partial charge in [-0.05, 0) is 48.3 Å². The fourth-order valence-electron chi connectivity index (χ4n) is 3.73. The minimum absolute atomic E-state index is 0.00923. The molecule has 0 radical (unpaired) electrons. The molecule has 0 spiro atoms. The number of anilines is 2. The Labute approximate surface area is 184 Å². The summed E-state index contributed by atoms with van der Waals surface area (Å²) in [6.45, 7) is 6.86. The lowest BCUT2D eigenvalue weighted by molar-refractivity contribution is -0.114. The van der Waals surface area contributed by atoms with Crippen LogP contribution in [0.1, 0.15) is 22.8 Å². The molecule has 2 aromatic carbocycles. The van der Waals surface area contributed by atoms with Crippen LogP contribution in [-0.2, 0) is 4.79 Å². The summed E-state index contributed by atoms with van der Waals surface area (Å²) in [5, 5.41) is 4.29. The maximum absolute atomic E-state index is 12.9. The van der Waals surface area contributed by atoms with E-state index in [1.165, 1.54) is 28.5 Å². The normalized spacial score (nSPS) is 14.8. The number of aromatic nitrogens is 1. The number of aryl methyl sites for hydroxylation is 1. The Bertz CT molecular complexity index is 1110. The molecular formula is C22H23ClN4O2S. The molecule has 1 amide bonds. The minimum atomic E-state index is -0.168. The molecule has 2 heterocycles. The van der Waals surface area contributed by atoms with E-state index in [0.717, 1.165) is 37.6 Å². The average Bonchev–Trinajstić information content (AvgIpc) is 3.15. The van der Waals surface area contributed by atoms with E-state index in [2.05, 4.69) is 31.6 Å². The van der Waals surface area contributed by atoms with E-state index in [1.807, 2.05) is 19.1 Å². The molecule has 0 bridgehead atoms. The van der Waals surface area contributed by atoms with Gasteiger partial charge in [0.25, 0.3) is 0 Å². The highest BCUT2D eigenvalue weighted by Crippen LogP contribution is 2.30. The van der Waals surface area contributed by atoms with Crippen LogP contribution in [0.5, 0.6) is 0 Å². The van der Waals surface area contributed by atoms with Gasteiger partial charge >= 0.3 is 0 Å². The Morgan fingerprint density at radius 3 is 2.63 bits per heavy atom. The van der Waals surface area contributed by atoms with Crippen molar-refractivity contribution in [2.45, 2.75) is 13.8 Å². The number of hydrogen-bond acceptors (Lipinski definition) is 6. The molecule has 4 rings (SSSR count). The molecule has 0 aliphatic carbocycles. The predicted octanol–water partition coefficient (Wildman–Crippen LogP) is 4.22. The van der Waals surface area contributed by atoms with E-state index < -0.39 is 0 Å². The van der Waals surface area contributed by atoms with Gasteiger partial charge in [-0.15, -0.1) is 0 Å². The highest BCUT2D eigenvalue weighted by atomic mass is 35.5. The summed E-state index contributed by atoms with van der Waals surface area (Å²) in [6, 6.07) is 11.7. The number of benzene rings is 2. The molecule has 1 fully saturated rings. The lowest BCUT2D eigenvalue weighted by atomic mass is 10.0. The number of carbonyl (C=O) groups excluding carboxylic acids is 2. The molecule has 156 valence electrons. The highest BCUT2D eigenvalue weighted by molar-refractivity contribution is 7.13. The SMILES string of the molecule is CC(=O)Nc1cc(Cl)c(C(=O)CN2CCN(c3nsc4ccccc34)CC2)cc1C. The van der Waals surface area contributed by atoms with Crippen LogP contribution in [0.15, 0.2) is 36.4 Å². The lowest BCUT2D eigenvalue weighted by Gasteiger charge is -2.34. The zero-order valence-electron chi connectivity index (χ0n) is 16.9. The Morgan fingerprint density at radius 1 is 1.17 bits per heavy atom. The summed E-state index contributed by atoms with van der Waals surface area (Å²) in [5.74, 6) is 0.859. The number of nitrogens with zero attached hydrogens (tertiary/aromatic N) is 3. The number of fused-ring (bicyclic) bond motifs is 1. The second-order valence-electron chi connectivity index (χ2n) is 7.52. The van der Waals surface area contributed by atoms with E-state index in [-0.39, 0.29) is 11.7 Å². The molecule has 1 aliphatic rings. The van der Waals surface area contributed by atoms with Gasteiger partial charge in [0.1, 0.15) is 5.82 Å². The number of amides is 1. The van der Waals surface area contributed by atoms with Crippen LogP contribution in [0.25, 0.3) is 10.1 Å². The minimum Gasteiger partial charge on any atom is -0.353 e. The fourth-order valence-corrected chi connectivity index (χ4v) is 4.79. The van der Waals surface area contributed by atoms with Gasteiger partial charge in [0.15, 0.2) is 5.78 Å². The zero-order chi connectivity index (χ0) is 21.3. The molecule has 0 atom stereocenters. The van der Waals surface area contributed by atoms with Crippen LogP contribution < -0.4 is 10.2 Å². The highest BCUT2D eigenvalue weighted by Gasteiger charge is 2.23. The number of Topliss-reactive ketones (excluding diaryl/α,β-unsaturated/α-hetero) is 1. The van der Waals surface area contributed by atoms with Crippen molar-refractivity contribution in [3.63, 3.8) is 0 Å². The third kappa shape index (κ3) is 4.33. The van der Waals surface area contributed by atoms with E-state index in [4.69, 9.17) is 11.6 Å². The first-order valence-corrected chi connectivity index (χ1v) is 11.0. The number of nitrogens with one attached hydrogen (secondary N) is 1. The molecule has 1 aliphatic heterocycles. The predicted molar refractivity (Wildman–Crippen MR) is 123 cm³/mol. The van der Waals surface area contributed by atoms with Crippen molar-refractivity contribution in [2.24, 2.45) is 0 Å². The van der Waals surface area contributed by atoms with Crippen molar-refractivity contribution in [1.29, 1.82) is 0 Å². The van der Waals surface area contributed by atoms with E-state index in [0.29, 0.717) is 22.8 Å². The van der Waals surface area contributed by atoms with Crippen LogP contribution in [0.4, 0.5) is 11.5 Å². The second kappa shape index (κ2) is 8.71.